The highest BCUT2D eigenvalue weighted by Crippen LogP contribution is 2.25. The first-order chi connectivity index (χ1) is 36.1. The summed E-state index contributed by atoms with van der Waals surface area (Å²) in [6, 6.07) is -2.27. The van der Waals surface area contributed by atoms with Crippen LogP contribution in [0, 0.1) is 5.92 Å². The summed E-state index contributed by atoms with van der Waals surface area (Å²) in [5, 5.41) is 13.9. The van der Waals surface area contributed by atoms with E-state index in [1.807, 2.05) is 0 Å². The van der Waals surface area contributed by atoms with Gasteiger partial charge in [0.2, 0.25) is 17.7 Å². The fraction of sp³-hybridized carbons (Fsp3) is 0.889. The number of nitrogens with one attached hydrogen (secondary N) is 2. The lowest BCUT2D eigenvalue weighted by molar-refractivity contribution is -0.138. The topological polar surface area (TPSA) is 203 Å². The number of guanidine groups is 1. The van der Waals surface area contributed by atoms with Crippen LogP contribution in [0.2, 0.25) is 0 Å². The van der Waals surface area contributed by atoms with E-state index in [9.17, 15) is 24.3 Å². The zero-order valence-electron chi connectivity index (χ0n) is 48.7. The van der Waals surface area contributed by atoms with Crippen LogP contribution in [0.25, 0.3) is 0 Å². The Hall–Kier alpha value is -2.95. The molecule has 0 spiro atoms. The van der Waals surface area contributed by atoms with E-state index in [1.54, 1.807) is 0 Å². The number of rotatable bonds is 58. The standard InChI is InChI=1S/C63H122N6O5/c1-3-5-7-9-11-13-15-17-19-21-25-29-33-37-41-45-49-56(50-46-42-38-34-30-26-22-20-18-16-14-12-10-8-6-4-2)51-47-43-39-35-31-27-23-24-28-32-36-40-44-48-52-59(70)69-60(71)55-67-61(72)57(64)53-54-58(62(73)74)68-63(65)66/h23-24,56-58H,3-22,25-55,64H2,1-2H3,(H,67,72)(H,73,74)(H4,65,66,68)(H,69,70,71)/b24-23-/t57-,58?/m0/s1. The first kappa shape index (κ1) is 71.0. The molecular formula is C63H122N6O5. The molecule has 74 heavy (non-hydrogen) atoms. The van der Waals surface area contributed by atoms with E-state index < -0.39 is 36.4 Å². The summed E-state index contributed by atoms with van der Waals surface area (Å²) in [6.07, 6.45) is 69.6. The Morgan fingerprint density at radius 3 is 1.09 bits per heavy atom. The number of aliphatic carboxylic acids is 1. The van der Waals surface area contributed by atoms with Crippen molar-refractivity contribution in [3.05, 3.63) is 12.2 Å². The van der Waals surface area contributed by atoms with Crippen molar-refractivity contribution in [1.82, 2.24) is 10.6 Å². The maximum atomic E-state index is 12.2. The van der Waals surface area contributed by atoms with E-state index in [2.05, 4.69) is 41.6 Å². The molecule has 0 aliphatic heterocycles. The third-order valence-corrected chi connectivity index (χ3v) is 15.2. The molecule has 0 aromatic heterocycles. The van der Waals surface area contributed by atoms with E-state index in [0.29, 0.717) is 6.42 Å². The molecule has 3 amide bonds. The molecular weight excluding hydrogens is 921 g/mol. The lowest BCUT2D eigenvalue weighted by Crippen LogP contribution is -2.46. The molecule has 434 valence electrons. The van der Waals surface area contributed by atoms with Gasteiger partial charge < -0.3 is 27.6 Å². The fourth-order valence-electron chi connectivity index (χ4n) is 10.4. The minimum absolute atomic E-state index is 0.00383. The Labute approximate surface area is 456 Å². The minimum atomic E-state index is -1.24. The molecule has 0 aliphatic rings. The average molecular weight is 1040 g/mol. The van der Waals surface area contributed by atoms with Gasteiger partial charge in [0.05, 0.1) is 12.6 Å². The molecule has 0 fully saturated rings. The van der Waals surface area contributed by atoms with Gasteiger partial charge in [-0.25, -0.2) is 9.79 Å². The zero-order valence-corrected chi connectivity index (χ0v) is 48.7. The monoisotopic (exact) mass is 1040 g/mol. The predicted octanol–water partition coefficient (Wildman–Crippen LogP) is 16.5. The Balaban J connectivity index is 4.14. The van der Waals surface area contributed by atoms with Gasteiger partial charge in [-0.15, -0.1) is 0 Å². The van der Waals surface area contributed by atoms with E-state index >= 15 is 0 Å². The highest BCUT2D eigenvalue weighted by molar-refractivity contribution is 5.97. The van der Waals surface area contributed by atoms with E-state index in [4.69, 9.17) is 17.2 Å². The number of hydrogen-bond donors (Lipinski definition) is 6. The lowest BCUT2D eigenvalue weighted by atomic mass is 9.89. The van der Waals surface area contributed by atoms with Gasteiger partial charge in [0.25, 0.3) is 0 Å². The van der Waals surface area contributed by atoms with Crippen LogP contribution in [0.15, 0.2) is 17.1 Å². The number of amides is 3. The van der Waals surface area contributed by atoms with Gasteiger partial charge >= 0.3 is 5.97 Å². The van der Waals surface area contributed by atoms with E-state index in [0.717, 1.165) is 38.0 Å². The normalized spacial score (nSPS) is 12.4. The average Bonchev–Trinajstić information content (AvgIpc) is 3.38. The summed E-state index contributed by atoms with van der Waals surface area (Å²) in [5.74, 6) is -2.29. The maximum Gasteiger partial charge on any atom is 0.328 e. The molecule has 11 nitrogen and oxygen atoms in total. The van der Waals surface area contributed by atoms with Gasteiger partial charge in [-0.1, -0.05) is 296 Å². The summed E-state index contributed by atoms with van der Waals surface area (Å²) in [5.41, 5.74) is 16.3. The minimum Gasteiger partial charge on any atom is -0.480 e. The SMILES string of the molecule is CCCCCCCCCCCCCCCCCCC(CCCCCCC/C=C\CCCCCCCC(=O)NC(=O)CNC(=O)[C@@H](N)CCC(N=C(N)N)C(=O)O)CCCCCCCCCCCCCCCCCC. The molecule has 0 aliphatic carbocycles. The Morgan fingerprint density at radius 1 is 0.432 bits per heavy atom. The largest absolute Gasteiger partial charge is 0.480 e. The van der Waals surface area contributed by atoms with Crippen molar-refractivity contribution in [2.45, 2.75) is 347 Å². The van der Waals surface area contributed by atoms with Crippen LogP contribution >= 0.6 is 0 Å². The number of carboxylic acid groups (broad SMARTS) is 1. The molecule has 0 aromatic carbocycles. The zero-order chi connectivity index (χ0) is 54.2. The molecule has 0 heterocycles. The molecule has 0 bridgehead atoms. The first-order valence-corrected chi connectivity index (χ1v) is 31.9. The fourth-order valence-corrected chi connectivity index (χ4v) is 10.4. The van der Waals surface area contributed by atoms with Crippen molar-refractivity contribution in [3.8, 4) is 0 Å². The quantitative estimate of drug-likeness (QED) is 0.0149. The molecule has 11 heteroatoms. The van der Waals surface area contributed by atoms with Gasteiger partial charge in [-0.3, -0.25) is 19.7 Å². The van der Waals surface area contributed by atoms with Crippen molar-refractivity contribution in [2.75, 3.05) is 6.54 Å². The number of nitrogens with zero attached hydrogens (tertiary/aromatic N) is 1. The summed E-state index contributed by atoms with van der Waals surface area (Å²) < 4.78 is 0. The number of aliphatic imine (C=N–C) groups is 1. The molecule has 0 radical (unpaired) electrons. The lowest BCUT2D eigenvalue weighted by Gasteiger charge is -2.17. The number of carboxylic acids is 1. The smallest absolute Gasteiger partial charge is 0.328 e. The Bertz CT molecular complexity index is 1300. The van der Waals surface area contributed by atoms with Crippen LogP contribution in [-0.2, 0) is 19.2 Å². The second kappa shape index (κ2) is 56.3. The third kappa shape index (κ3) is 52.5. The van der Waals surface area contributed by atoms with Crippen LogP contribution in [0.1, 0.15) is 335 Å². The van der Waals surface area contributed by atoms with Crippen LogP contribution in [0.5, 0.6) is 0 Å². The van der Waals surface area contributed by atoms with Crippen LogP contribution in [0.3, 0.4) is 0 Å². The van der Waals surface area contributed by atoms with Crippen LogP contribution < -0.4 is 27.8 Å². The number of hydrogen-bond acceptors (Lipinski definition) is 6. The second-order valence-electron chi connectivity index (χ2n) is 22.5. The van der Waals surface area contributed by atoms with Gasteiger partial charge in [0.1, 0.15) is 0 Å². The number of carbonyl (C=O) groups excluding carboxylic acids is 3. The molecule has 0 aromatic rings. The molecule has 2 atom stereocenters. The Morgan fingerprint density at radius 2 is 0.757 bits per heavy atom. The molecule has 9 N–H and O–H groups in total. The second-order valence-corrected chi connectivity index (χ2v) is 22.5. The maximum absolute atomic E-state index is 12.2. The van der Waals surface area contributed by atoms with Crippen molar-refractivity contribution in [1.29, 1.82) is 0 Å². The highest BCUT2D eigenvalue weighted by Gasteiger charge is 2.21. The van der Waals surface area contributed by atoms with Crippen molar-refractivity contribution >= 4 is 29.7 Å². The predicted molar refractivity (Wildman–Crippen MR) is 316 cm³/mol. The third-order valence-electron chi connectivity index (χ3n) is 15.2. The molecule has 1 unspecified atom stereocenters. The summed E-state index contributed by atoms with van der Waals surface area (Å²) in [7, 11) is 0. The number of unbranched alkanes of at least 4 members (excludes halogenated alkanes) is 40. The van der Waals surface area contributed by atoms with E-state index in [1.165, 1.54) is 263 Å². The van der Waals surface area contributed by atoms with Gasteiger partial charge in [0, 0.05) is 6.42 Å². The summed E-state index contributed by atoms with van der Waals surface area (Å²) >= 11 is 0. The number of imide groups is 1. The van der Waals surface area contributed by atoms with Gasteiger partial charge in [-0.05, 0) is 50.9 Å². The van der Waals surface area contributed by atoms with E-state index in [-0.39, 0.29) is 31.1 Å². The number of allylic oxidation sites excluding steroid dienone is 2. The first-order valence-electron chi connectivity index (χ1n) is 31.9. The highest BCUT2D eigenvalue weighted by atomic mass is 16.4. The Kier molecular flexibility index (Phi) is 54.0. The molecule has 0 saturated carbocycles. The van der Waals surface area contributed by atoms with Crippen molar-refractivity contribution < 1.29 is 24.3 Å². The molecule has 0 saturated heterocycles. The summed E-state index contributed by atoms with van der Waals surface area (Å²) in [4.78, 5) is 51.4. The van der Waals surface area contributed by atoms with Gasteiger partial charge in [0.15, 0.2) is 12.0 Å². The molecule has 0 rings (SSSR count). The van der Waals surface area contributed by atoms with Crippen LogP contribution in [0.4, 0.5) is 0 Å². The number of nitrogens with two attached hydrogens (primary N) is 3. The summed E-state index contributed by atoms with van der Waals surface area (Å²) in [6.45, 7) is 4.21. The van der Waals surface area contributed by atoms with Crippen molar-refractivity contribution in [3.63, 3.8) is 0 Å². The van der Waals surface area contributed by atoms with Gasteiger partial charge in [-0.2, -0.15) is 0 Å². The number of carbonyl (C=O) groups is 4. The van der Waals surface area contributed by atoms with Crippen LogP contribution in [-0.4, -0.2) is 53.4 Å². The van der Waals surface area contributed by atoms with Crippen molar-refractivity contribution in [2.24, 2.45) is 28.1 Å².